The van der Waals surface area contributed by atoms with Crippen molar-refractivity contribution in [3.8, 4) is 0 Å². The predicted molar refractivity (Wildman–Crippen MR) is 168 cm³/mol. The number of rotatable bonds is 13. The second-order valence-corrected chi connectivity index (χ2v) is 10.3. The van der Waals surface area contributed by atoms with Crippen molar-refractivity contribution in [1.29, 1.82) is 5.41 Å². The Morgan fingerprint density at radius 1 is 1.11 bits per heavy atom. The molecule has 0 aliphatic heterocycles. The molecule has 44 heavy (non-hydrogen) atoms. The number of nitrogens with two attached hydrogens (primary N) is 1. The van der Waals surface area contributed by atoms with E-state index in [4.69, 9.17) is 34.3 Å². The fourth-order valence-electron chi connectivity index (χ4n) is 4.09. The van der Waals surface area contributed by atoms with E-state index in [1.54, 1.807) is 12.1 Å². The summed E-state index contributed by atoms with van der Waals surface area (Å²) in [5.41, 5.74) is 8.15. The lowest BCUT2D eigenvalue weighted by molar-refractivity contribution is -0.204. The summed E-state index contributed by atoms with van der Waals surface area (Å²) in [7, 11) is 1.50. The number of urea groups is 1. The van der Waals surface area contributed by atoms with Gasteiger partial charge >= 0.3 is 12.2 Å². The van der Waals surface area contributed by atoms with E-state index < -0.39 is 36.6 Å². The largest absolute Gasteiger partial charge is 0.416 e. The summed E-state index contributed by atoms with van der Waals surface area (Å²) in [5, 5.41) is 21.6. The number of carbonyl (C=O) groups excluding carboxylic acids is 2. The van der Waals surface area contributed by atoms with Crippen LogP contribution in [0.3, 0.4) is 0 Å². The van der Waals surface area contributed by atoms with Crippen molar-refractivity contribution in [3.05, 3.63) is 105 Å². The molecule has 236 valence electrons. The van der Waals surface area contributed by atoms with Gasteiger partial charge in [-0.2, -0.15) is 13.2 Å². The molecular formula is C31H34Cl2F3N5O3. The van der Waals surface area contributed by atoms with E-state index in [-0.39, 0.29) is 12.1 Å². The van der Waals surface area contributed by atoms with Crippen molar-refractivity contribution in [2.24, 2.45) is 10.7 Å². The van der Waals surface area contributed by atoms with Crippen LogP contribution < -0.4 is 11.1 Å². The van der Waals surface area contributed by atoms with Crippen LogP contribution in [0.4, 0.5) is 18.0 Å². The first-order valence-corrected chi connectivity index (χ1v) is 14.2. The first-order valence-electron chi connectivity index (χ1n) is 13.5. The third kappa shape index (κ3) is 11.3. The normalized spacial score (nSPS) is 13.6. The SMILES string of the molecule is CC/C(C(CNC(=O)N(C[C@H](O)C(F)(F)F)C(=N)c1ccc(Cl)cc1)=NC)=C(/C=C/Cc1ccccc1Cl)C/C=C/C(N)=O. The number of aliphatic hydroxyl groups excluding tert-OH is 1. The number of allylic oxidation sites excluding steroid dienone is 4. The van der Waals surface area contributed by atoms with Gasteiger partial charge in [-0.05, 0) is 72.4 Å². The van der Waals surface area contributed by atoms with Crippen LogP contribution in [0.2, 0.25) is 10.0 Å². The van der Waals surface area contributed by atoms with E-state index in [0.717, 1.165) is 11.1 Å². The fourth-order valence-corrected chi connectivity index (χ4v) is 4.43. The number of hydrogen-bond donors (Lipinski definition) is 4. The lowest BCUT2D eigenvalue weighted by atomic mass is 9.96. The molecule has 1 atom stereocenters. The summed E-state index contributed by atoms with van der Waals surface area (Å²) in [6.07, 6.45) is -0.0858. The number of alkyl halides is 3. The fraction of sp³-hybridized carbons (Fsp3) is 0.290. The zero-order chi connectivity index (χ0) is 32.9. The predicted octanol–water partition coefficient (Wildman–Crippen LogP) is 6.26. The quantitative estimate of drug-likeness (QED) is 0.0882. The molecule has 13 heteroatoms. The van der Waals surface area contributed by atoms with E-state index in [2.05, 4.69) is 10.3 Å². The molecule has 8 nitrogen and oxygen atoms in total. The second kappa shape index (κ2) is 17.4. The molecule has 0 saturated carbocycles. The molecule has 0 spiro atoms. The molecule has 2 aromatic carbocycles. The number of nitrogens with zero attached hydrogens (tertiary/aromatic N) is 2. The molecule has 0 bridgehead atoms. The van der Waals surface area contributed by atoms with Crippen molar-refractivity contribution in [2.45, 2.75) is 38.5 Å². The minimum atomic E-state index is -5.02. The van der Waals surface area contributed by atoms with E-state index in [1.165, 1.54) is 37.4 Å². The van der Waals surface area contributed by atoms with Crippen LogP contribution >= 0.6 is 23.2 Å². The van der Waals surface area contributed by atoms with Crippen LogP contribution in [0.5, 0.6) is 0 Å². The van der Waals surface area contributed by atoms with Gasteiger partial charge in [0.05, 0.1) is 18.8 Å². The molecule has 0 radical (unpaired) electrons. The lowest BCUT2D eigenvalue weighted by Crippen LogP contribution is -2.51. The minimum Gasteiger partial charge on any atom is -0.382 e. The molecule has 0 fully saturated rings. The molecule has 0 aromatic heterocycles. The van der Waals surface area contributed by atoms with Crippen LogP contribution in [0, 0.1) is 5.41 Å². The lowest BCUT2D eigenvalue weighted by Gasteiger charge is -2.27. The first kappa shape index (κ1) is 36.3. The van der Waals surface area contributed by atoms with Gasteiger partial charge in [-0.15, -0.1) is 0 Å². The monoisotopic (exact) mass is 651 g/mol. The molecular weight excluding hydrogens is 618 g/mol. The van der Waals surface area contributed by atoms with Crippen LogP contribution in [-0.4, -0.2) is 65.9 Å². The number of amides is 3. The van der Waals surface area contributed by atoms with Crippen LogP contribution in [0.15, 0.2) is 89.0 Å². The Labute approximate surface area is 264 Å². The van der Waals surface area contributed by atoms with E-state index in [0.29, 0.717) is 45.5 Å². The number of aliphatic hydroxyl groups is 1. The van der Waals surface area contributed by atoms with Gasteiger partial charge in [-0.25, -0.2) is 4.79 Å². The summed E-state index contributed by atoms with van der Waals surface area (Å²) in [6, 6.07) is 11.9. The molecule has 3 amide bonds. The zero-order valence-corrected chi connectivity index (χ0v) is 25.7. The Kier molecular flexibility index (Phi) is 14.3. The Morgan fingerprint density at radius 2 is 1.77 bits per heavy atom. The van der Waals surface area contributed by atoms with E-state index in [9.17, 15) is 27.9 Å². The molecule has 0 unspecified atom stereocenters. The Morgan fingerprint density at radius 3 is 2.34 bits per heavy atom. The number of aliphatic imine (C=N–C) groups is 1. The molecule has 2 aromatic rings. The third-order valence-corrected chi connectivity index (χ3v) is 6.99. The van der Waals surface area contributed by atoms with Gasteiger partial charge in [0.2, 0.25) is 5.91 Å². The number of halogens is 5. The van der Waals surface area contributed by atoms with Gasteiger partial charge in [-0.3, -0.25) is 20.1 Å². The molecule has 2 rings (SSSR count). The molecule has 0 aliphatic rings. The van der Waals surface area contributed by atoms with Crippen molar-refractivity contribution in [3.63, 3.8) is 0 Å². The van der Waals surface area contributed by atoms with Gasteiger partial charge in [0, 0.05) is 22.7 Å². The topological polar surface area (TPSA) is 132 Å². The van der Waals surface area contributed by atoms with Crippen molar-refractivity contribution < 1.29 is 27.9 Å². The summed E-state index contributed by atoms with van der Waals surface area (Å²) in [4.78, 5) is 29.3. The van der Waals surface area contributed by atoms with E-state index in [1.807, 2.05) is 37.3 Å². The maximum atomic E-state index is 13.2. The van der Waals surface area contributed by atoms with Gasteiger partial charge < -0.3 is 16.2 Å². The van der Waals surface area contributed by atoms with Gasteiger partial charge in [0.1, 0.15) is 5.84 Å². The smallest absolute Gasteiger partial charge is 0.382 e. The molecule has 0 saturated heterocycles. The highest BCUT2D eigenvalue weighted by Crippen LogP contribution is 2.23. The number of hydrogen-bond acceptors (Lipinski definition) is 5. The van der Waals surface area contributed by atoms with Crippen molar-refractivity contribution in [2.75, 3.05) is 20.1 Å². The summed E-state index contributed by atoms with van der Waals surface area (Å²) < 4.78 is 39.6. The number of carbonyl (C=O) groups is 2. The summed E-state index contributed by atoms with van der Waals surface area (Å²) in [6.45, 7) is 0.455. The van der Waals surface area contributed by atoms with Crippen LogP contribution in [0.25, 0.3) is 0 Å². The Balaban J connectivity index is 2.37. The van der Waals surface area contributed by atoms with Crippen LogP contribution in [-0.2, 0) is 11.2 Å². The molecule has 5 N–H and O–H groups in total. The Hall–Kier alpha value is -3.93. The molecule has 0 heterocycles. The summed E-state index contributed by atoms with van der Waals surface area (Å²) >= 11 is 12.2. The number of nitrogens with one attached hydrogen (secondary N) is 2. The zero-order valence-electron chi connectivity index (χ0n) is 24.2. The van der Waals surface area contributed by atoms with E-state index >= 15 is 0 Å². The average Bonchev–Trinajstić information content (AvgIpc) is 2.97. The van der Waals surface area contributed by atoms with Crippen molar-refractivity contribution >= 4 is 46.7 Å². The first-order chi connectivity index (χ1) is 20.8. The standard InChI is InChI=1S/C31H34Cl2F3N5O3/c1-3-24(20(10-7-13-28(37)43)9-6-11-21-8-4-5-12-25(21)33)26(39-2)18-40-30(44)41(19-27(42)31(34,35)36)29(38)22-14-16-23(32)17-15-22/h4-9,12-17,27,38,42H,3,10-11,18-19H2,1-2H3,(H2,37,43)(H,40,44)/b9-6+,13-7+,24-20+,38-29?,39-26?/t27-/m0/s1. The van der Waals surface area contributed by atoms with Gasteiger partial charge in [0.25, 0.3) is 0 Å². The van der Waals surface area contributed by atoms with Crippen LogP contribution in [0.1, 0.15) is 30.9 Å². The van der Waals surface area contributed by atoms with Gasteiger partial charge in [-0.1, -0.05) is 66.6 Å². The maximum Gasteiger partial charge on any atom is 0.416 e. The molecule has 0 aliphatic carbocycles. The van der Waals surface area contributed by atoms with Crippen molar-refractivity contribution in [1.82, 2.24) is 10.2 Å². The highest BCUT2D eigenvalue weighted by molar-refractivity contribution is 6.31. The maximum absolute atomic E-state index is 13.2. The third-order valence-electron chi connectivity index (χ3n) is 6.37. The average molecular weight is 653 g/mol. The highest BCUT2D eigenvalue weighted by atomic mass is 35.5. The second-order valence-electron chi connectivity index (χ2n) is 9.42. The number of benzene rings is 2. The summed E-state index contributed by atoms with van der Waals surface area (Å²) in [5.74, 6) is -1.19. The highest BCUT2D eigenvalue weighted by Gasteiger charge is 2.41. The minimum absolute atomic E-state index is 0.115. The van der Waals surface area contributed by atoms with Gasteiger partial charge in [0.15, 0.2) is 6.10 Å². The number of primary amides is 1. The Bertz CT molecular complexity index is 1440. The number of amidine groups is 1.